The van der Waals surface area contributed by atoms with E-state index in [-0.39, 0.29) is 26.5 Å². The lowest BCUT2D eigenvalue weighted by Gasteiger charge is -2.13. The number of sulfonamides is 1. The minimum Gasteiger partial charge on any atom is -0.321 e. The van der Waals surface area contributed by atoms with Crippen molar-refractivity contribution in [2.45, 2.75) is 11.8 Å². The topological polar surface area (TPSA) is 92.6 Å². The molecule has 0 fully saturated rings. The molecule has 11 heteroatoms. The molecule has 0 radical (unpaired) electrons. The Hall–Kier alpha value is -2.59. The second kappa shape index (κ2) is 7.92. The summed E-state index contributed by atoms with van der Waals surface area (Å²) in [5.74, 6) is -0.503. The highest BCUT2D eigenvalue weighted by atomic mass is 35.5. The van der Waals surface area contributed by atoms with Gasteiger partial charge in [0, 0.05) is 17.3 Å². The summed E-state index contributed by atoms with van der Waals surface area (Å²) < 4.78 is 29.9. The van der Waals surface area contributed by atoms with Crippen LogP contribution in [0.1, 0.15) is 16.1 Å². The zero-order valence-electron chi connectivity index (χ0n) is 15.4. The molecule has 0 aliphatic rings. The average Bonchev–Trinajstić information content (AvgIpc) is 3.24. The molecule has 2 N–H and O–H groups in total. The van der Waals surface area contributed by atoms with Crippen molar-refractivity contribution in [1.82, 2.24) is 9.38 Å². The number of rotatable bonds is 5. The number of benzene rings is 2. The maximum Gasteiger partial charge on any atom is 0.275 e. The second-order valence-electron chi connectivity index (χ2n) is 6.33. The fourth-order valence-corrected chi connectivity index (χ4v) is 5.48. The van der Waals surface area contributed by atoms with Crippen molar-refractivity contribution in [2.24, 2.45) is 0 Å². The third kappa shape index (κ3) is 3.89. The highest BCUT2D eigenvalue weighted by molar-refractivity contribution is 7.92. The molecule has 4 aromatic rings. The number of aryl methyl sites for hydroxylation is 1. The van der Waals surface area contributed by atoms with E-state index >= 15 is 0 Å². The molecule has 0 unspecified atom stereocenters. The fourth-order valence-electron chi connectivity index (χ4n) is 2.86. The summed E-state index contributed by atoms with van der Waals surface area (Å²) in [4.78, 5) is 17.5. The number of aromatic nitrogens is 2. The van der Waals surface area contributed by atoms with Crippen LogP contribution in [0.2, 0.25) is 10.2 Å². The maximum absolute atomic E-state index is 12.9. The van der Waals surface area contributed by atoms with Gasteiger partial charge in [-0.25, -0.2) is 13.4 Å². The number of nitrogens with zero attached hydrogens (tertiary/aromatic N) is 2. The second-order valence-corrected chi connectivity index (χ2v) is 9.62. The predicted molar refractivity (Wildman–Crippen MR) is 119 cm³/mol. The number of para-hydroxylation sites is 1. The first-order valence-electron chi connectivity index (χ1n) is 8.56. The van der Waals surface area contributed by atoms with Crippen LogP contribution < -0.4 is 10.0 Å². The molecule has 0 bridgehead atoms. The minimum absolute atomic E-state index is 0.0141. The van der Waals surface area contributed by atoms with Crippen LogP contribution in [-0.2, 0) is 10.0 Å². The van der Waals surface area contributed by atoms with Crippen LogP contribution in [0, 0.1) is 6.92 Å². The van der Waals surface area contributed by atoms with E-state index in [0.29, 0.717) is 16.2 Å². The number of carbonyl (C=O) groups excluding carboxylic acids is 1. The normalized spacial score (nSPS) is 11.6. The third-order valence-electron chi connectivity index (χ3n) is 4.29. The van der Waals surface area contributed by atoms with Crippen LogP contribution >= 0.6 is 34.5 Å². The predicted octanol–water partition coefficient (Wildman–Crippen LogP) is 5.06. The van der Waals surface area contributed by atoms with E-state index in [1.807, 2.05) is 0 Å². The first-order chi connectivity index (χ1) is 14.3. The molecular formula is C19H14Cl2N4O3S2. The van der Waals surface area contributed by atoms with E-state index in [9.17, 15) is 13.2 Å². The number of fused-ring (bicyclic) bond motifs is 1. The van der Waals surface area contributed by atoms with Crippen molar-refractivity contribution in [3.63, 3.8) is 0 Å². The lowest BCUT2D eigenvalue weighted by atomic mass is 10.2. The summed E-state index contributed by atoms with van der Waals surface area (Å²) in [6.07, 6.45) is 1.69. The van der Waals surface area contributed by atoms with E-state index in [0.717, 1.165) is 0 Å². The zero-order chi connectivity index (χ0) is 21.5. The number of thiazole rings is 1. The van der Waals surface area contributed by atoms with Gasteiger partial charge in [0.1, 0.15) is 0 Å². The van der Waals surface area contributed by atoms with Crippen molar-refractivity contribution in [2.75, 3.05) is 10.0 Å². The molecule has 2 aromatic carbocycles. The van der Waals surface area contributed by atoms with Crippen molar-refractivity contribution < 1.29 is 13.2 Å². The summed E-state index contributed by atoms with van der Waals surface area (Å²) in [6.45, 7) is 1.66. The molecule has 0 saturated heterocycles. The number of imidazole rings is 1. The Morgan fingerprint density at radius 1 is 1.17 bits per heavy atom. The Bertz CT molecular complexity index is 1380. The van der Waals surface area contributed by atoms with Gasteiger partial charge < -0.3 is 5.32 Å². The Labute approximate surface area is 186 Å². The molecule has 0 aliphatic carbocycles. The van der Waals surface area contributed by atoms with Gasteiger partial charge in [-0.1, -0.05) is 41.4 Å². The quantitative estimate of drug-likeness (QED) is 0.417. The van der Waals surface area contributed by atoms with E-state index in [1.54, 1.807) is 59.3 Å². The van der Waals surface area contributed by atoms with Crippen LogP contribution in [0.3, 0.4) is 0 Å². The first kappa shape index (κ1) is 20.7. The van der Waals surface area contributed by atoms with Gasteiger partial charge in [-0.05, 0) is 36.8 Å². The molecule has 4 rings (SSSR count). The van der Waals surface area contributed by atoms with E-state index in [2.05, 4.69) is 15.0 Å². The highest BCUT2D eigenvalue weighted by Gasteiger charge is 2.22. The molecule has 0 aliphatic heterocycles. The molecule has 0 saturated carbocycles. The number of halogens is 2. The standard InChI is InChI=1S/C19H14Cl2N4O3S2/c1-11-6-7-12(22-18(26)16-17(21)23-19-25(16)8-9-29-19)10-15(11)30(27,28)24-14-5-3-2-4-13(14)20/h2-10,24H,1H3,(H,22,26). The molecule has 0 spiro atoms. The van der Waals surface area contributed by atoms with Crippen molar-refractivity contribution in [1.29, 1.82) is 0 Å². The van der Waals surface area contributed by atoms with E-state index in [1.165, 1.54) is 17.4 Å². The maximum atomic E-state index is 12.9. The molecule has 154 valence electrons. The van der Waals surface area contributed by atoms with Crippen LogP contribution in [0.25, 0.3) is 4.96 Å². The van der Waals surface area contributed by atoms with Gasteiger partial charge in [-0.3, -0.25) is 13.9 Å². The van der Waals surface area contributed by atoms with Crippen LogP contribution in [0.4, 0.5) is 11.4 Å². The van der Waals surface area contributed by atoms with Crippen molar-refractivity contribution in [3.05, 3.63) is 75.5 Å². The summed E-state index contributed by atoms with van der Waals surface area (Å²) in [5, 5.41) is 4.81. The van der Waals surface area contributed by atoms with E-state index < -0.39 is 15.9 Å². The highest BCUT2D eigenvalue weighted by Crippen LogP contribution is 2.28. The summed E-state index contributed by atoms with van der Waals surface area (Å²) in [5.41, 5.74) is 1.24. The lowest BCUT2D eigenvalue weighted by molar-refractivity contribution is 0.102. The smallest absolute Gasteiger partial charge is 0.275 e. The van der Waals surface area contributed by atoms with Gasteiger partial charge >= 0.3 is 0 Å². The molecule has 0 atom stereocenters. The fraction of sp³-hybridized carbons (Fsp3) is 0.0526. The van der Waals surface area contributed by atoms with Gasteiger partial charge in [0.05, 0.1) is 15.6 Å². The Balaban J connectivity index is 1.65. The van der Waals surface area contributed by atoms with Crippen LogP contribution in [-0.4, -0.2) is 23.7 Å². The number of hydrogen-bond acceptors (Lipinski definition) is 5. The monoisotopic (exact) mass is 480 g/mol. The summed E-state index contributed by atoms with van der Waals surface area (Å²) in [6, 6.07) is 11.1. The van der Waals surface area contributed by atoms with Crippen molar-refractivity contribution in [3.8, 4) is 0 Å². The van der Waals surface area contributed by atoms with E-state index in [4.69, 9.17) is 23.2 Å². The SMILES string of the molecule is Cc1ccc(NC(=O)c2c(Cl)nc3sccn23)cc1S(=O)(=O)Nc1ccccc1Cl. The first-order valence-corrected chi connectivity index (χ1v) is 11.7. The zero-order valence-corrected chi connectivity index (χ0v) is 18.5. The molecule has 7 nitrogen and oxygen atoms in total. The molecule has 2 aromatic heterocycles. The van der Waals surface area contributed by atoms with Crippen LogP contribution in [0.15, 0.2) is 58.9 Å². The average molecular weight is 481 g/mol. The van der Waals surface area contributed by atoms with Gasteiger partial charge in [0.15, 0.2) is 15.8 Å². The number of hydrogen-bond donors (Lipinski definition) is 2. The summed E-state index contributed by atoms with van der Waals surface area (Å²) in [7, 11) is -3.94. The molecule has 2 heterocycles. The Morgan fingerprint density at radius 2 is 1.93 bits per heavy atom. The van der Waals surface area contributed by atoms with Gasteiger partial charge in [-0.15, -0.1) is 11.3 Å². The van der Waals surface area contributed by atoms with Gasteiger partial charge in [0.25, 0.3) is 15.9 Å². The van der Waals surface area contributed by atoms with Crippen molar-refractivity contribution >= 4 is 66.8 Å². The number of anilines is 2. The van der Waals surface area contributed by atoms with Crippen LogP contribution in [0.5, 0.6) is 0 Å². The minimum atomic E-state index is -3.94. The van der Waals surface area contributed by atoms with Gasteiger partial charge in [-0.2, -0.15) is 0 Å². The largest absolute Gasteiger partial charge is 0.321 e. The number of carbonyl (C=O) groups is 1. The Kier molecular flexibility index (Phi) is 5.46. The molecule has 1 amide bonds. The number of amides is 1. The number of nitrogens with one attached hydrogen (secondary N) is 2. The van der Waals surface area contributed by atoms with Gasteiger partial charge in [0.2, 0.25) is 0 Å². The lowest BCUT2D eigenvalue weighted by Crippen LogP contribution is -2.17. The molecular weight excluding hydrogens is 467 g/mol. The third-order valence-corrected chi connectivity index (χ3v) is 7.15. The summed E-state index contributed by atoms with van der Waals surface area (Å²) >= 11 is 13.5. The molecule has 30 heavy (non-hydrogen) atoms. The Morgan fingerprint density at radius 3 is 2.70 bits per heavy atom.